The number of nitrogen functional groups attached to an aromatic ring is 1. The van der Waals surface area contributed by atoms with Crippen molar-refractivity contribution in [1.29, 1.82) is 0 Å². The highest BCUT2D eigenvalue weighted by Gasteiger charge is 2.18. The third kappa shape index (κ3) is 3.24. The van der Waals surface area contributed by atoms with Gasteiger partial charge in [0.1, 0.15) is 5.82 Å². The van der Waals surface area contributed by atoms with Gasteiger partial charge in [-0.2, -0.15) is 15.1 Å². The van der Waals surface area contributed by atoms with Crippen LogP contribution < -0.4 is 16.6 Å². The Morgan fingerprint density at radius 1 is 1.38 bits per heavy atom. The molecule has 2 unspecified atom stereocenters. The van der Waals surface area contributed by atoms with E-state index in [1.807, 2.05) is 0 Å². The number of aromatic amines is 1. The monoisotopic (exact) mass is 289 g/mol. The zero-order valence-electron chi connectivity index (χ0n) is 12.4. The largest absolute Gasteiger partial charge is 0.369 e. The van der Waals surface area contributed by atoms with E-state index < -0.39 is 0 Å². The lowest BCUT2D eigenvalue weighted by atomic mass is 9.81. The number of nitrogens with zero attached hydrogens (tertiary/aromatic N) is 3. The van der Waals surface area contributed by atoms with Crippen molar-refractivity contribution in [2.24, 2.45) is 17.7 Å². The summed E-state index contributed by atoms with van der Waals surface area (Å²) in [6.45, 7) is 3.27. The fourth-order valence-electron chi connectivity index (χ4n) is 3.25. The minimum Gasteiger partial charge on any atom is -0.369 e. The lowest BCUT2D eigenvalue weighted by Crippen LogP contribution is -2.17. The van der Waals surface area contributed by atoms with E-state index in [-0.39, 0.29) is 0 Å². The van der Waals surface area contributed by atoms with Crippen LogP contribution in [0.4, 0.5) is 11.8 Å². The number of aromatic nitrogens is 4. The van der Waals surface area contributed by atoms with Crippen molar-refractivity contribution in [3.05, 3.63) is 6.20 Å². The molecule has 21 heavy (non-hydrogen) atoms. The van der Waals surface area contributed by atoms with Gasteiger partial charge < -0.3 is 5.32 Å². The van der Waals surface area contributed by atoms with Gasteiger partial charge in [0, 0.05) is 6.54 Å². The van der Waals surface area contributed by atoms with Crippen LogP contribution in [0.5, 0.6) is 0 Å². The summed E-state index contributed by atoms with van der Waals surface area (Å²) in [5.41, 5.74) is 3.17. The molecule has 1 fully saturated rings. The van der Waals surface area contributed by atoms with Crippen LogP contribution in [0.25, 0.3) is 11.0 Å². The first kappa shape index (κ1) is 14.1. The summed E-state index contributed by atoms with van der Waals surface area (Å²) < 4.78 is 0. The maximum absolute atomic E-state index is 5.40. The predicted octanol–water partition coefficient (Wildman–Crippen LogP) is 2.27. The van der Waals surface area contributed by atoms with Crippen LogP contribution in [0, 0.1) is 11.8 Å². The molecule has 0 aliphatic heterocycles. The fourth-order valence-corrected chi connectivity index (χ4v) is 3.25. The van der Waals surface area contributed by atoms with Gasteiger partial charge >= 0.3 is 0 Å². The fraction of sp³-hybridized carbons (Fsp3) is 0.643. The quantitative estimate of drug-likeness (QED) is 0.497. The summed E-state index contributed by atoms with van der Waals surface area (Å²) in [5, 5.41) is 11.2. The molecule has 7 heteroatoms. The maximum atomic E-state index is 5.40. The van der Waals surface area contributed by atoms with Crippen LogP contribution in [-0.2, 0) is 0 Å². The van der Waals surface area contributed by atoms with E-state index in [2.05, 4.69) is 37.8 Å². The number of rotatable bonds is 5. The number of anilines is 2. The second-order valence-electron chi connectivity index (χ2n) is 6.03. The molecule has 2 atom stereocenters. The Morgan fingerprint density at radius 3 is 3.10 bits per heavy atom. The highest BCUT2D eigenvalue weighted by atomic mass is 15.3. The smallest absolute Gasteiger partial charge is 0.241 e. The van der Waals surface area contributed by atoms with E-state index in [4.69, 9.17) is 5.84 Å². The average Bonchev–Trinajstić information content (AvgIpc) is 2.95. The third-order valence-corrected chi connectivity index (χ3v) is 4.33. The van der Waals surface area contributed by atoms with Crippen molar-refractivity contribution >= 4 is 22.8 Å². The molecule has 0 radical (unpaired) electrons. The molecule has 0 spiro atoms. The van der Waals surface area contributed by atoms with Gasteiger partial charge in [0.25, 0.3) is 0 Å². The van der Waals surface area contributed by atoms with Crippen LogP contribution >= 0.6 is 0 Å². The van der Waals surface area contributed by atoms with Gasteiger partial charge in [0.05, 0.1) is 11.6 Å². The van der Waals surface area contributed by atoms with Gasteiger partial charge in [-0.05, 0) is 24.7 Å². The highest BCUT2D eigenvalue weighted by Crippen LogP contribution is 2.30. The Balaban J connectivity index is 1.63. The molecule has 0 aromatic carbocycles. The molecule has 1 saturated carbocycles. The van der Waals surface area contributed by atoms with E-state index in [9.17, 15) is 0 Å². The Bertz CT molecular complexity index is 594. The summed E-state index contributed by atoms with van der Waals surface area (Å²) in [6, 6.07) is 0. The standard InChI is InChI=1S/C14H23N7/c1-9-3-2-4-10(7-9)5-6-16-12-11-8-17-21-13(11)19-14(18-12)20-15/h8-10H,2-7,15H2,1H3,(H3,16,17,18,19,20,21). The molecule has 7 nitrogen and oxygen atoms in total. The molecule has 0 amide bonds. The zero-order chi connectivity index (χ0) is 14.7. The van der Waals surface area contributed by atoms with Crippen LogP contribution in [0.3, 0.4) is 0 Å². The molecule has 2 aromatic rings. The minimum atomic E-state index is 0.389. The Hall–Kier alpha value is -1.89. The topological polar surface area (TPSA) is 105 Å². The Morgan fingerprint density at radius 2 is 2.29 bits per heavy atom. The first-order chi connectivity index (χ1) is 10.3. The number of H-pyrrole nitrogens is 1. The number of hydrazine groups is 1. The molecule has 5 N–H and O–H groups in total. The summed E-state index contributed by atoms with van der Waals surface area (Å²) in [6.07, 6.45) is 8.37. The van der Waals surface area contributed by atoms with Crippen molar-refractivity contribution < 1.29 is 0 Å². The van der Waals surface area contributed by atoms with Crippen molar-refractivity contribution in [2.75, 3.05) is 17.3 Å². The van der Waals surface area contributed by atoms with Crippen LogP contribution in [0.2, 0.25) is 0 Å². The molecule has 114 valence electrons. The van der Waals surface area contributed by atoms with Gasteiger partial charge in [0.15, 0.2) is 5.65 Å². The molecule has 2 aromatic heterocycles. The second kappa shape index (κ2) is 6.26. The number of nitrogens with one attached hydrogen (secondary N) is 3. The van der Waals surface area contributed by atoms with Crippen molar-refractivity contribution in [2.45, 2.75) is 39.0 Å². The summed E-state index contributed by atoms with van der Waals surface area (Å²) in [4.78, 5) is 8.59. The van der Waals surface area contributed by atoms with E-state index >= 15 is 0 Å². The minimum absolute atomic E-state index is 0.389. The van der Waals surface area contributed by atoms with Crippen molar-refractivity contribution in [3.63, 3.8) is 0 Å². The number of fused-ring (bicyclic) bond motifs is 1. The van der Waals surface area contributed by atoms with E-state index in [1.165, 1.54) is 32.1 Å². The predicted molar refractivity (Wildman–Crippen MR) is 83.7 cm³/mol. The molecule has 3 rings (SSSR count). The van der Waals surface area contributed by atoms with Crippen LogP contribution in [0.1, 0.15) is 39.0 Å². The molecule has 1 aliphatic carbocycles. The normalized spacial score (nSPS) is 22.4. The number of hydrogen-bond acceptors (Lipinski definition) is 6. The molecular formula is C14H23N7. The van der Waals surface area contributed by atoms with Gasteiger partial charge in [-0.1, -0.05) is 26.2 Å². The summed E-state index contributed by atoms with van der Waals surface area (Å²) in [7, 11) is 0. The summed E-state index contributed by atoms with van der Waals surface area (Å²) >= 11 is 0. The van der Waals surface area contributed by atoms with Crippen LogP contribution in [0.15, 0.2) is 6.20 Å². The van der Waals surface area contributed by atoms with Crippen molar-refractivity contribution in [1.82, 2.24) is 20.2 Å². The van der Waals surface area contributed by atoms with E-state index in [0.717, 1.165) is 29.6 Å². The summed E-state index contributed by atoms with van der Waals surface area (Å²) in [5.74, 6) is 8.27. The van der Waals surface area contributed by atoms with Gasteiger partial charge in [-0.15, -0.1) is 0 Å². The lowest BCUT2D eigenvalue weighted by Gasteiger charge is -2.26. The maximum Gasteiger partial charge on any atom is 0.241 e. The average molecular weight is 289 g/mol. The molecule has 2 heterocycles. The van der Waals surface area contributed by atoms with Crippen LogP contribution in [-0.4, -0.2) is 26.7 Å². The molecule has 0 saturated heterocycles. The zero-order valence-corrected chi connectivity index (χ0v) is 12.4. The highest BCUT2D eigenvalue weighted by molar-refractivity contribution is 5.86. The third-order valence-electron chi connectivity index (χ3n) is 4.33. The second-order valence-corrected chi connectivity index (χ2v) is 6.03. The van der Waals surface area contributed by atoms with Gasteiger partial charge in [-0.25, -0.2) is 5.84 Å². The first-order valence-electron chi connectivity index (χ1n) is 7.68. The number of hydrogen-bond donors (Lipinski definition) is 4. The van der Waals surface area contributed by atoms with Gasteiger partial charge in [0.2, 0.25) is 5.95 Å². The van der Waals surface area contributed by atoms with E-state index in [1.54, 1.807) is 6.20 Å². The Labute approximate surface area is 124 Å². The Kier molecular flexibility index (Phi) is 4.19. The van der Waals surface area contributed by atoms with Gasteiger partial charge in [-0.3, -0.25) is 10.5 Å². The first-order valence-corrected chi connectivity index (χ1v) is 7.68. The lowest BCUT2D eigenvalue weighted by molar-refractivity contribution is 0.274. The molecular weight excluding hydrogens is 266 g/mol. The molecule has 0 bridgehead atoms. The van der Waals surface area contributed by atoms with Crippen molar-refractivity contribution in [3.8, 4) is 0 Å². The number of nitrogens with two attached hydrogens (primary N) is 1. The van der Waals surface area contributed by atoms with E-state index in [0.29, 0.717) is 11.6 Å². The molecule has 1 aliphatic rings. The SMILES string of the molecule is CC1CCCC(CCNc2nc(NN)nc3[nH]ncc23)C1.